The Hall–Kier alpha value is -2.49. The van der Waals surface area contributed by atoms with Gasteiger partial charge in [0.15, 0.2) is 11.6 Å². The van der Waals surface area contributed by atoms with Crippen molar-refractivity contribution in [1.82, 2.24) is 34.8 Å². The van der Waals surface area contributed by atoms with Gasteiger partial charge in [0.05, 0.1) is 23.7 Å². The molecule has 4 aromatic rings. The lowest BCUT2D eigenvalue weighted by molar-refractivity contribution is 0.421. The van der Waals surface area contributed by atoms with Crippen molar-refractivity contribution < 1.29 is 4.52 Å². The van der Waals surface area contributed by atoms with Crippen molar-refractivity contribution >= 4 is 23.7 Å². The molecule has 0 unspecified atom stereocenters. The molecule has 0 saturated heterocycles. The summed E-state index contributed by atoms with van der Waals surface area (Å²) < 4.78 is 9.38. The normalized spacial score (nSPS) is 13.4. The number of rotatable bonds is 4. The summed E-state index contributed by atoms with van der Waals surface area (Å²) in [4.78, 5) is 9.91. The van der Waals surface area contributed by atoms with E-state index in [1.165, 1.54) is 5.69 Å². The monoisotopic (exact) mass is 389 g/mol. The summed E-state index contributed by atoms with van der Waals surface area (Å²) in [6.07, 6.45) is 3.68. The highest BCUT2D eigenvalue weighted by atomic mass is 35.5. The van der Waals surface area contributed by atoms with Crippen LogP contribution in [0.1, 0.15) is 11.5 Å². The number of hydrogen-bond acceptors (Lipinski definition) is 7. The van der Waals surface area contributed by atoms with Crippen molar-refractivity contribution in [3.63, 3.8) is 0 Å². The van der Waals surface area contributed by atoms with E-state index in [0.717, 1.165) is 36.0 Å². The predicted octanol–water partition coefficient (Wildman–Crippen LogP) is 2.43. The first kappa shape index (κ1) is 17.0. The molecule has 0 spiro atoms. The molecule has 0 fully saturated rings. The van der Waals surface area contributed by atoms with E-state index in [1.54, 1.807) is 17.5 Å². The fourth-order valence-electron chi connectivity index (χ4n) is 2.94. The SMILES string of the molecule is Cl.c1csc(-c2nc(Cn3ccnc3-c3cc4n(n3)CCNC4)no2)c1. The Morgan fingerprint density at radius 3 is 3.15 bits per heavy atom. The quantitative estimate of drug-likeness (QED) is 0.577. The van der Waals surface area contributed by atoms with Gasteiger partial charge in [-0.15, -0.1) is 23.7 Å². The number of halogens is 1. The second kappa shape index (κ2) is 7.02. The van der Waals surface area contributed by atoms with Gasteiger partial charge in [0.2, 0.25) is 0 Å². The molecule has 8 nitrogen and oxygen atoms in total. The highest BCUT2D eigenvalue weighted by molar-refractivity contribution is 7.13. The summed E-state index contributed by atoms with van der Waals surface area (Å²) in [6, 6.07) is 6.01. The Labute approximate surface area is 159 Å². The number of nitrogens with zero attached hydrogens (tertiary/aromatic N) is 6. The zero-order valence-corrected chi connectivity index (χ0v) is 15.3. The summed E-state index contributed by atoms with van der Waals surface area (Å²) in [6.45, 7) is 3.15. The van der Waals surface area contributed by atoms with Gasteiger partial charge < -0.3 is 14.4 Å². The highest BCUT2D eigenvalue weighted by Crippen LogP contribution is 2.23. The average molecular weight is 390 g/mol. The molecule has 26 heavy (non-hydrogen) atoms. The van der Waals surface area contributed by atoms with Crippen molar-refractivity contribution in [3.8, 4) is 22.3 Å². The third-order valence-corrected chi connectivity index (χ3v) is 4.98. The number of hydrogen-bond donors (Lipinski definition) is 1. The third kappa shape index (κ3) is 3.05. The number of fused-ring (bicyclic) bond motifs is 1. The van der Waals surface area contributed by atoms with Gasteiger partial charge >= 0.3 is 0 Å². The van der Waals surface area contributed by atoms with Crippen LogP contribution < -0.4 is 5.32 Å². The molecule has 1 aliphatic rings. The van der Waals surface area contributed by atoms with Crippen molar-refractivity contribution in [2.45, 2.75) is 19.6 Å². The lowest BCUT2D eigenvalue weighted by Crippen LogP contribution is -2.28. The van der Waals surface area contributed by atoms with Gasteiger partial charge in [-0.05, 0) is 17.5 Å². The molecule has 0 saturated carbocycles. The molecule has 5 heterocycles. The second-order valence-electron chi connectivity index (χ2n) is 5.79. The minimum Gasteiger partial charge on any atom is -0.333 e. The molecule has 134 valence electrons. The summed E-state index contributed by atoms with van der Waals surface area (Å²) in [7, 11) is 0. The standard InChI is InChI=1S/C16H15N7OS.ClH/c1-2-13(25-7-1)16-19-14(21-24-16)10-22-5-4-18-15(22)12-8-11-9-17-3-6-23(11)20-12;/h1-2,4-5,7-8,17H,3,6,9-10H2;1H. The summed E-state index contributed by atoms with van der Waals surface area (Å²) in [5.74, 6) is 1.98. The van der Waals surface area contributed by atoms with Crippen LogP contribution in [0.15, 0.2) is 40.5 Å². The second-order valence-corrected chi connectivity index (χ2v) is 6.74. The van der Waals surface area contributed by atoms with Crippen LogP contribution in [0.5, 0.6) is 0 Å². The zero-order valence-electron chi connectivity index (χ0n) is 13.7. The Morgan fingerprint density at radius 2 is 2.31 bits per heavy atom. The number of thiophene rings is 1. The van der Waals surface area contributed by atoms with Crippen molar-refractivity contribution in [1.29, 1.82) is 0 Å². The molecular formula is C16H16ClN7OS. The molecule has 0 atom stereocenters. The molecule has 0 aliphatic carbocycles. The van der Waals surface area contributed by atoms with E-state index >= 15 is 0 Å². The van der Waals surface area contributed by atoms with Crippen LogP contribution in [0.25, 0.3) is 22.3 Å². The van der Waals surface area contributed by atoms with E-state index in [1.807, 2.05) is 33.0 Å². The highest BCUT2D eigenvalue weighted by Gasteiger charge is 2.17. The van der Waals surface area contributed by atoms with Crippen LogP contribution in [0, 0.1) is 0 Å². The van der Waals surface area contributed by atoms with Gasteiger partial charge in [0.1, 0.15) is 5.69 Å². The van der Waals surface area contributed by atoms with E-state index in [4.69, 9.17) is 4.52 Å². The predicted molar refractivity (Wildman–Crippen MR) is 99.1 cm³/mol. The fraction of sp³-hybridized carbons (Fsp3) is 0.250. The summed E-state index contributed by atoms with van der Waals surface area (Å²) in [5, 5.41) is 14.1. The maximum Gasteiger partial charge on any atom is 0.268 e. The van der Waals surface area contributed by atoms with E-state index < -0.39 is 0 Å². The maximum absolute atomic E-state index is 5.36. The van der Waals surface area contributed by atoms with Crippen LogP contribution in [0.2, 0.25) is 0 Å². The molecule has 0 radical (unpaired) electrons. The number of imidazole rings is 1. The molecule has 0 bridgehead atoms. The average Bonchev–Trinajstić information content (AvgIpc) is 3.41. The van der Waals surface area contributed by atoms with Gasteiger partial charge in [-0.3, -0.25) is 4.68 Å². The smallest absolute Gasteiger partial charge is 0.268 e. The first-order valence-corrected chi connectivity index (χ1v) is 8.90. The van der Waals surface area contributed by atoms with Crippen molar-refractivity contribution in [2.75, 3.05) is 6.54 Å². The third-order valence-electron chi connectivity index (χ3n) is 4.13. The first-order valence-electron chi connectivity index (χ1n) is 8.02. The van der Waals surface area contributed by atoms with E-state index in [-0.39, 0.29) is 12.4 Å². The maximum atomic E-state index is 5.36. The largest absolute Gasteiger partial charge is 0.333 e. The summed E-state index contributed by atoms with van der Waals surface area (Å²) >= 11 is 1.58. The first-order chi connectivity index (χ1) is 12.4. The minimum atomic E-state index is 0. The zero-order chi connectivity index (χ0) is 16.6. The van der Waals surface area contributed by atoms with Crippen LogP contribution in [-0.4, -0.2) is 36.0 Å². The van der Waals surface area contributed by atoms with Crippen LogP contribution in [-0.2, 0) is 19.6 Å². The van der Waals surface area contributed by atoms with Gasteiger partial charge in [-0.2, -0.15) is 10.1 Å². The molecule has 1 aliphatic heterocycles. The number of aromatic nitrogens is 6. The van der Waals surface area contributed by atoms with Gasteiger partial charge in [0.25, 0.3) is 5.89 Å². The van der Waals surface area contributed by atoms with Crippen molar-refractivity contribution in [2.24, 2.45) is 0 Å². The van der Waals surface area contributed by atoms with Crippen molar-refractivity contribution in [3.05, 3.63) is 47.5 Å². The summed E-state index contributed by atoms with van der Waals surface area (Å²) in [5.41, 5.74) is 2.04. The van der Waals surface area contributed by atoms with Crippen LogP contribution in [0.4, 0.5) is 0 Å². The lowest BCUT2D eigenvalue weighted by atomic mass is 10.3. The Balaban J connectivity index is 0.00000168. The molecule has 5 rings (SSSR count). The Morgan fingerprint density at radius 1 is 1.35 bits per heavy atom. The Kier molecular flexibility index (Phi) is 4.58. The number of nitrogens with one attached hydrogen (secondary N) is 1. The van der Waals surface area contributed by atoms with Gasteiger partial charge in [-0.1, -0.05) is 11.2 Å². The lowest BCUT2D eigenvalue weighted by Gasteiger charge is -2.13. The van der Waals surface area contributed by atoms with Gasteiger partial charge in [0, 0.05) is 25.5 Å². The molecule has 0 amide bonds. The van der Waals surface area contributed by atoms with Gasteiger partial charge in [-0.25, -0.2) is 4.98 Å². The molecule has 10 heteroatoms. The molecular weight excluding hydrogens is 374 g/mol. The molecule has 1 N–H and O–H groups in total. The molecule has 4 aromatic heterocycles. The van der Waals surface area contributed by atoms with Crippen LogP contribution >= 0.6 is 23.7 Å². The van der Waals surface area contributed by atoms with Crippen LogP contribution in [0.3, 0.4) is 0 Å². The van der Waals surface area contributed by atoms with E-state index in [0.29, 0.717) is 18.3 Å². The Bertz CT molecular complexity index is 980. The minimum absolute atomic E-state index is 0. The topological polar surface area (TPSA) is 86.6 Å². The molecule has 0 aromatic carbocycles. The fourth-order valence-corrected chi connectivity index (χ4v) is 3.59. The van der Waals surface area contributed by atoms with E-state index in [2.05, 4.69) is 31.6 Å². The van der Waals surface area contributed by atoms with E-state index in [9.17, 15) is 0 Å².